The molecule has 0 heterocycles. The first-order valence-electron chi connectivity index (χ1n) is 2.44. The zero-order chi connectivity index (χ0) is 6.15. The van der Waals surface area contributed by atoms with Crippen molar-refractivity contribution in [1.29, 1.82) is 0 Å². The third-order valence-electron chi connectivity index (χ3n) is 1.33. The highest BCUT2D eigenvalue weighted by molar-refractivity contribution is 5.80. The van der Waals surface area contributed by atoms with Crippen molar-refractivity contribution in [3.63, 3.8) is 0 Å². The summed E-state index contributed by atoms with van der Waals surface area (Å²) in [6, 6.07) is 0. The average Bonchev–Trinajstić information content (AvgIpc) is 2.42. The molecular weight excluding hydrogens is 108 g/mol. The second-order valence-electron chi connectivity index (χ2n) is 1.98. The molecule has 1 saturated carbocycles. The lowest BCUT2D eigenvalue weighted by atomic mass is 10.3. The van der Waals surface area contributed by atoms with Crippen molar-refractivity contribution in [2.45, 2.75) is 6.42 Å². The summed E-state index contributed by atoms with van der Waals surface area (Å²) >= 11 is 0. The summed E-state index contributed by atoms with van der Waals surface area (Å²) in [6.07, 6.45) is 1.25. The topological polar surface area (TPSA) is 54.4 Å². The summed E-state index contributed by atoms with van der Waals surface area (Å²) in [7, 11) is 0. The highest BCUT2D eigenvalue weighted by Gasteiger charge is 2.42. The molecule has 0 aromatic rings. The van der Waals surface area contributed by atoms with Crippen LogP contribution < -0.4 is 0 Å². The number of carboxylic acid groups (broad SMARTS) is 1. The van der Waals surface area contributed by atoms with Crippen molar-refractivity contribution in [1.82, 2.24) is 0 Å². The quantitative estimate of drug-likeness (QED) is 0.510. The van der Waals surface area contributed by atoms with Gasteiger partial charge in [-0.2, -0.15) is 0 Å². The van der Waals surface area contributed by atoms with Crippen LogP contribution >= 0.6 is 0 Å². The van der Waals surface area contributed by atoms with Crippen LogP contribution in [0.5, 0.6) is 0 Å². The van der Waals surface area contributed by atoms with Crippen LogP contribution in [0, 0.1) is 11.8 Å². The lowest BCUT2D eigenvalue weighted by molar-refractivity contribution is -0.139. The molecule has 1 rings (SSSR count). The number of hydrogen-bond acceptors (Lipinski definition) is 2. The van der Waals surface area contributed by atoms with E-state index in [0.29, 0.717) is 12.7 Å². The summed E-state index contributed by atoms with van der Waals surface area (Å²) in [5.74, 6) is -1.40. The molecule has 0 spiro atoms. The highest BCUT2D eigenvalue weighted by atomic mass is 16.4. The molecule has 1 unspecified atom stereocenters. The molecule has 8 heavy (non-hydrogen) atoms. The predicted molar refractivity (Wildman–Crippen MR) is 25.3 cm³/mol. The first-order valence-corrected chi connectivity index (χ1v) is 2.44. The Morgan fingerprint density at radius 1 is 1.75 bits per heavy atom. The maximum absolute atomic E-state index is 9.97. The number of rotatable bonds is 2. The predicted octanol–water partition coefficient (Wildman–Crippen LogP) is -0.0940. The van der Waals surface area contributed by atoms with E-state index in [1.54, 1.807) is 0 Å². The van der Waals surface area contributed by atoms with Gasteiger partial charge in [0.15, 0.2) is 0 Å². The van der Waals surface area contributed by atoms with E-state index in [1.165, 1.54) is 0 Å². The molecule has 3 nitrogen and oxygen atoms in total. The molecule has 0 saturated heterocycles. The fraction of sp³-hybridized carbons (Fsp3) is 0.600. The van der Waals surface area contributed by atoms with Gasteiger partial charge in [-0.05, 0) is 6.42 Å². The van der Waals surface area contributed by atoms with Gasteiger partial charge in [-0.3, -0.25) is 4.79 Å². The Labute approximate surface area is 46.3 Å². The lowest BCUT2D eigenvalue weighted by Crippen LogP contribution is -1.99. The summed E-state index contributed by atoms with van der Waals surface area (Å²) < 4.78 is 0. The summed E-state index contributed by atoms with van der Waals surface area (Å²) in [6.45, 7) is 0. The van der Waals surface area contributed by atoms with Gasteiger partial charge in [0.25, 0.3) is 0 Å². The Balaban J connectivity index is 2.36. The molecule has 0 aromatic carbocycles. The van der Waals surface area contributed by atoms with Crippen LogP contribution in [0.1, 0.15) is 6.42 Å². The maximum atomic E-state index is 9.97. The molecular formula is C5H6O3. The molecule has 1 N–H and O–H groups in total. The van der Waals surface area contributed by atoms with Gasteiger partial charge >= 0.3 is 5.97 Å². The van der Waals surface area contributed by atoms with Crippen LogP contribution in [0.2, 0.25) is 0 Å². The van der Waals surface area contributed by atoms with Gasteiger partial charge in [-0.1, -0.05) is 0 Å². The monoisotopic (exact) mass is 114 g/mol. The van der Waals surface area contributed by atoms with Crippen molar-refractivity contribution < 1.29 is 14.7 Å². The number of carbonyl (C=O) groups is 2. The van der Waals surface area contributed by atoms with E-state index in [0.717, 1.165) is 0 Å². The van der Waals surface area contributed by atoms with Gasteiger partial charge in [0, 0.05) is 5.92 Å². The van der Waals surface area contributed by atoms with Crippen LogP contribution in [-0.4, -0.2) is 17.4 Å². The summed E-state index contributed by atoms with van der Waals surface area (Å²) in [5, 5.41) is 8.20. The van der Waals surface area contributed by atoms with Gasteiger partial charge in [-0.15, -0.1) is 0 Å². The molecule has 3 heteroatoms. The molecule has 1 aliphatic rings. The average molecular weight is 114 g/mol. The van der Waals surface area contributed by atoms with E-state index in [-0.39, 0.29) is 11.8 Å². The fourth-order valence-electron chi connectivity index (χ4n) is 0.649. The molecule has 1 fully saturated rings. The molecule has 0 aromatic heterocycles. The van der Waals surface area contributed by atoms with Crippen LogP contribution in [0.25, 0.3) is 0 Å². The van der Waals surface area contributed by atoms with E-state index in [4.69, 9.17) is 5.11 Å². The molecule has 0 aliphatic heterocycles. The zero-order valence-electron chi connectivity index (χ0n) is 4.20. The molecule has 2 atom stereocenters. The first kappa shape index (κ1) is 5.28. The van der Waals surface area contributed by atoms with E-state index >= 15 is 0 Å². The Morgan fingerprint density at radius 2 is 2.38 bits per heavy atom. The van der Waals surface area contributed by atoms with Crippen molar-refractivity contribution >= 4 is 12.3 Å². The van der Waals surface area contributed by atoms with Crippen LogP contribution in [0.4, 0.5) is 0 Å². The minimum Gasteiger partial charge on any atom is -0.481 e. The summed E-state index contributed by atoms with van der Waals surface area (Å²) in [5.41, 5.74) is 0. The second-order valence-corrected chi connectivity index (χ2v) is 1.98. The van der Waals surface area contributed by atoms with Crippen LogP contribution in [0.15, 0.2) is 0 Å². The standard InChI is InChI=1S/C5H6O3/c6-2-3-1-4(3)5(7)8/h2-4H,1H2,(H,7,8)/t3?,4-/m1/s1. The van der Waals surface area contributed by atoms with Gasteiger partial charge < -0.3 is 9.90 Å². The maximum Gasteiger partial charge on any atom is 0.307 e. The molecule has 0 bridgehead atoms. The third kappa shape index (κ3) is 0.710. The van der Waals surface area contributed by atoms with Crippen LogP contribution in [-0.2, 0) is 9.59 Å². The van der Waals surface area contributed by atoms with Crippen molar-refractivity contribution in [3.8, 4) is 0 Å². The normalized spacial score (nSPS) is 34.0. The Kier molecular flexibility index (Phi) is 1.04. The molecule has 0 radical (unpaired) electrons. The Hall–Kier alpha value is -0.860. The number of aliphatic carboxylic acids is 1. The number of carbonyl (C=O) groups excluding carboxylic acids is 1. The minimum atomic E-state index is -0.845. The van der Waals surface area contributed by atoms with E-state index in [1.807, 2.05) is 0 Å². The van der Waals surface area contributed by atoms with Crippen molar-refractivity contribution in [2.75, 3.05) is 0 Å². The van der Waals surface area contributed by atoms with Gasteiger partial charge in [0.1, 0.15) is 6.29 Å². The number of hydrogen-bond donors (Lipinski definition) is 1. The van der Waals surface area contributed by atoms with Gasteiger partial charge in [-0.25, -0.2) is 0 Å². The molecule has 44 valence electrons. The summed E-state index contributed by atoms with van der Waals surface area (Å²) in [4.78, 5) is 19.8. The second kappa shape index (κ2) is 1.58. The Bertz CT molecular complexity index is 130. The third-order valence-corrected chi connectivity index (χ3v) is 1.33. The molecule has 1 aliphatic carbocycles. The van der Waals surface area contributed by atoms with Crippen molar-refractivity contribution in [2.24, 2.45) is 11.8 Å². The smallest absolute Gasteiger partial charge is 0.307 e. The molecule has 0 amide bonds. The zero-order valence-corrected chi connectivity index (χ0v) is 4.20. The van der Waals surface area contributed by atoms with Crippen LogP contribution in [0.3, 0.4) is 0 Å². The van der Waals surface area contributed by atoms with Gasteiger partial charge in [0.2, 0.25) is 0 Å². The lowest BCUT2D eigenvalue weighted by Gasteiger charge is -1.79. The largest absolute Gasteiger partial charge is 0.481 e. The fourth-order valence-corrected chi connectivity index (χ4v) is 0.649. The number of carboxylic acids is 1. The van der Waals surface area contributed by atoms with E-state index in [2.05, 4.69) is 0 Å². The SMILES string of the molecule is O=CC1C[C@H]1C(=O)O. The first-order chi connectivity index (χ1) is 3.75. The minimum absolute atomic E-state index is 0.188. The van der Waals surface area contributed by atoms with Crippen molar-refractivity contribution in [3.05, 3.63) is 0 Å². The number of aldehydes is 1. The van der Waals surface area contributed by atoms with E-state index in [9.17, 15) is 9.59 Å². The van der Waals surface area contributed by atoms with Gasteiger partial charge in [0.05, 0.1) is 5.92 Å². The van der Waals surface area contributed by atoms with E-state index < -0.39 is 5.97 Å². The Morgan fingerprint density at radius 3 is 2.50 bits per heavy atom. The highest BCUT2D eigenvalue weighted by Crippen LogP contribution is 2.36.